The van der Waals surface area contributed by atoms with Crippen LogP contribution in [0.25, 0.3) is 30.8 Å². The van der Waals surface area contributed by atoms with Crippen LogP contribution in [0.5, 0.6) is 0 Å². The molecule has 0 aliphatic rings. The Labute approximate surface area is 116 Å². The fourth-order valence-corrected chi connectivity index (χ4v) is 0. The van der Waals surface area contributed by atoms with Crippen LogP contribution in [0.4, 0.5) is 0 Å². The van der Waals surface area contributed by atoms with Gasteiger partial charge in [0.1, 0.15) is 0 Å². The van der Waals surface area contributed by atoms with Gasteiger partial charge in [-0.2, -0.15) is 0 Å². The van der Waals surface area contributed by atoms with Crippen LogP contribution in [-0.4, -0.2) is 20.7 Å². The summed E-state index contributed by atoms with van der Waals surface area (Å²) in [5.41, 5.74) is 0. The molecule has 0 amide bonds. The van der Waals surface area contributed by atoms with Crippen molar-refractivity contribution in [2.75, 3.05) is 0 Å². The molecular weight excluding hydrogens is 324 g/mol. The van der Waals surface area contributed by atoms with Crippen LogP contribution >= 0.6 is 0 Å². The van der Waals surface area contributed by atoms with Gasteiger partial charge in [0, 0.05) is 0 Å². The largest absolute Gasteiger partial charge is 3.00 e. The van der Waals surface area contributed by atoms with E-state index in [9.17, 15) is 0 Å². The fourth-order valence-electron chi connectivity index (χ4n) is 0. The normalized spacial score (nSPS) is 3.79. The van der Waals surface area contributed by atoms with Crippen molar-refractivity contribution >= 4 is 0 Å². The average molecular weight is 336 g/mol. The third-order valence-electron chi connectivity index (χ3n) is 0. The summed E-state index contributed by atoms with van der Waals surface area (Å²) in [4.78, 5) is 24.8. The fraction of sp³-hybridized carbons (Fsp3) is 0. The zero-order valence-corrected chi connectivity index (χ0v) is 10.1. The molecule has 0 aliphatic carbocycles. The van der Waals surface area contributed by atoms with Gasteiger partial charge in [-0.3, -0.25) is 0 Å². The Bertz CT molecular complexity index is 121. The quantitative estimate of drug-likeness (QED) is 0.459. The molecule has 0 unspecified atom stereocenters. The molecule has 0 aromatic rings. The first-order valence-electron chi connectivity index (χ1n) is 1.64. The van der Waals surface area contributed by atoms with Crippen molar-refractivity contribution < 1.29 is 38.1 Å². The Hall–Kier alpha value is -2.11. The molecule has 0 fully saturated rings. The van der Waals surface area contributed by atoms with Gasteiger partial charge in [0.25, 0.3) is 0 Å². The summed E-state index contributed by atoms with van der Waals surface area (Å²) in [5, 5.41) is 44.2. The van der Waals surface area contributed by atoms with E-state index in [0.29, 0.717) is 0 Å². The van der Waals surface area contributed by atoms with Gasteiger partial charge in [0.2, 0.25) is 0 Å². The van der Waals surface area contributed by atoms with E-state index < -0.39 is 15.3 Å². The van der Waals surface area contributed by atoms with Gasteiger partial charge >= 0.3 is 17.4 Å². The Balaban J connectivity index is -0.00000000675. The molecule has 0 saturated carbocycles. The maximum atomic E-state index is 8.25. The third kappa shape index (κ3) is 691. The van der Waals surface area contributed by atoms with Crippen molar-refractivity contribution in [3.63, 3.8) is 0 Å². The van der Waals surface area contributed by atoms with Gasteiger partial charge in [-0.1, -0.05) is 0 Å². The van der Waals surface area contributed by atoms with Crippen molar-refractivity contribution in [3.8, 4) is 0 Å². The number of hydrogen-bond donors (Lipinski definition) is 0. The molecule has 18 nitrogen and oxygen atoms in total. The van der Waals surface area contributed by atoms with E-state index in [1.165, 1.54) is 0 Å². The predicted molar refractivity (Wildman–Crippen MR) is 61.1 cm³/mol. The molecule has 0 spiro atoms. The molecule has 12 N–H and O–H groups in total. The minimum Gasteiger partial charge on any atom is -0.693 e. The molecule has 0 rings (SSSR count). The first-order chi connectivity index (χ1) is 5.20. The summed E-state index contributed by atoms with van der Waals surface area (Å²) in [5.74, 6) is 0. The van der Waals surface area contributed by atoms with Crippen LogP contribution in [0.1, 0.15) is 0 Å². The van der Waals surface area contributed by atoms with Gasteiger partial charge in [-0.25, -0.2) is 0 Å². The summed E-state index contributed by atoms with van der Waals surface area (Å²) in [7, 11) is 0. The SMILES string of the molecule is O.O=[N+]([O-])[O-].O=[N+]([O-])[O-].O=[N+]([O-])[O-].[Cr+3].[NH2-].[NH2-].[NH2-].[NH2-].[NH2-]. The summed E-state index contributed by atoms with van der Waals surface area (Å²) in [6, 6.07) is 0. The monoisotopic (exact) mass is 336 g/mol. The van der Waals surface area contributed by atoms with Crippen LogP contribution in [0.3, 0.4) is 0 Å². The number of hydrogen-bond acceptors (Lipinski definition) is 9. The predicted octanol–water partition coefficient (Wildman–Crippen LogP) is 2.04. The first-order valence-corrected chi connectivity index (χ1v) is 1.64. The van der Waals surface area contributed by atoms with Gasteiger partial charge in [-0.05, 0) is 0 Å². The topological polar surface area (TPSA) is 398 Å². The average Bonchev–Trinajstić information content (AvgIpc) is 1.54. The third-order valence-corrected chi connectivity index (χ3v) is 0. The summed E-state index contributed by atoms with van der Waals surface area (Å²) < 4.78 is 0. The van der Waals surface area contributed by atoms with Gasteiger partial charge < -0.3 is 82.2 Å². The van der Waals surface area contributed by atoms with E-state index in [2.05, 4.69) is 0 Å². The van der Waals surface area contributed by atoms with Crippen LogP contribution in [0, 0.1) is 46.0 Å². The molecule has 19 heteroatoms. The molecule has 0 heterocycles. The summed E-state index contributed by atoms with van der Waals surface area (Å²) >= 11 is 0. The molecular formula is H12CrN8O10-5. The maximum Gasteiger partial charge on any atom is 3.00 e. The summed E-state index contributed by atoms with van der Waals surface area (Å²) in [6.07, 6.45) is 0. The van der Waals surface area contributed by atoms with Crippen molar-refractivity contribution in [2.45, 2.75) is 0 Å². The van der Waals surface area contributed by atoms with Crippen molar-refractivity contribution in [2.24, 2.45) is 0 Å². The zero-order valence-electron chi connectivity index (χ0n) is 8.81. The van der Waals surface area contributed by atoms with Crippen LogP contribution < -0.4 is 0 Å². The first kappa shape index (κ1) is 89.8. The Morgan fingerprint density at radius 3 is 0.474 bits per heavy atom. The summed E-state index contributed by atoms with van der Waals surface area (Å²) in [6.45, 7) is 0. The van der Waals surface area contributed by atoms with Crippen LogP contribution in [-0.2, 0) is 17.4 Å². The molecule has 123 valence electrons. The second-order valence-corrected chi connectivity index (χ2v) is 0.671. The van der Waals surface area contributed by atoms with Gasteiger partial charge in [0.05, 0.1) is 15.3 Å². The van der Waals surface area contributed by atoms with E-state index in [-0.39, 0.29) is 53.6 Å². The minimum atomic E-state index is -1.75. The number of nitrogens with two attached hydrogens (primary N) is 5. The number of rotatable bonds is 0. The Kier molecular flexibility index (Phi) is 351. The Morgan fingerprint density at radius 2 is 0.474 bits per heavy atom. The van der Waals surface area contributed by atoms with Gasteiger partial charge in [0.15, 0.2) is 0 Å². The number of nitrogens with zero attached hydrogens (tertiary/aromatic N) is 3. The molecule has 0 atom stereocenters. The molecule has 0 aromatic heterocycles. The maximum absolute atomic E-state index is 8.25. The van der Waals surface area contributed by atoms with Crippen molar-refractivity contribution in [3.05, 3.63) is 76.7 Å². The standard InChI is InChI=1S/Cr.3NO3.5H2N.H2O/c;3*2-1(3)4;;;;;;/h;;;;6*1H2/q+3;8*-1;. The van der Waals surface area contributed by atoms with Crippen LogP contribution in [0.2, 0.25) is 0 Å². The second kappa shape index (κ2) is 74.2. The molecule has 0 bridgehead atoms. The van der Waals surface area contributed by atoms with E-state index in [1.807, 2.05) is 0 Å². The minimum absolute atomic E-state index is 0. The van der Waals surface area contributed by atoms with Crippen molar-refractivity contribution in [1.82, 2.24) is 0 Å². The molecule has 1 radical (unpaired) electrons. The molecule has 19 heavy (non-hydrogen) atoms. The van der Waals surface area contributed by atoms with E-state index in [1.54, 1.807) is 0 Å². The second-order valence-electron chi connectivity index (χ2n) is 0.671. The molecule has 0 aliphatic heterocycles. The van der Waals surface area contributed by atoms with Gasteiger partial charge in [-0.15, -0.1) is 0 Å². The van der Waals surface area contributed by atoms with Crippen molar-refractivity contribution in [1.29, 1.82) is 0 Å². The zero-order chi connectivity index (χ0) is 10.7. The Morgan fingerprint density at radius 1 is 0.474 bits per heavy atom. The van der Waals surface area contributed by atoms with E-state index >= 15 is 0 Å². The smallest absolute Gasteiger partial charge is 0.693 e. The molecule has 0 aromatic carbocycles. The van der Waals surface area contributed by atoms with E-state index in [4.69, 9.17) is 46.0 Å². The van der Waals surface area contributed by atoms with Crippen LogP contribution in [0.15, 0.2) is 0 Å². The van der Waals surface area contributed by atoms with E-state index in [0.717, 1.165) is 0 Å². The molecule has 0 saturated heterocycles.